The third kappa shape index (κ3) is 2.71. The van der Waals surface area contributed by atoms with E-state index in [1.54, 1.807) is 0 Å². The summed E-state index contributed by atoms with van der Waals surface area (Å²) in [5.74, 6) is 0.759. The second-order valence-electron chi connectivity index (χ2n) is 5.33. The lowest BCUT2D eigenvalue weighted by Crippen LogP contribution is -2.43. The fraction of sp³-hybridized carbons (Fsp3) is 0.917. The van der Waals surface area contributed by atoms with E-state index in [4.69, 9.17) is 0 Å². The molecule has 15 heavy (non-hydrogen) atoms. The van der Waals surface area contributed by atoms with Crippen molar-refractivity contribution in [2.45, 2.75) is 51.0 Å². The third-order valence-electron chi connectivity index (χ3n) is 3.80. The molecule has 0 heterocycles. The van der Waals surface area contributed by atoms with Gasteiger partial charge in [-0.2, -0.15) is 0 Å². The Kier molecular flexibility index (Phi) is 3.01. The zero-order valence-electron chi connectivity index (χ0n) is 9.46. The van der Waals surface area contributed by atoms with Gasteiger partial charge in [0.2, 0.25) is 5.91 Å². The quantitative estimate of drug-likeness (QED) is 0.739. The summed E-state index contributed by atoms with van der Waals surface area (Å²) in [5.41, 5.74) is -0.686. The minimum absolute atomic E-state index is 0.147. The number of aliphatic hydroxyl groups is 1. The van der Waals surface area contributed by atoms with E-state index in [0.717, 1.165) is 25.7 Å². The molecule has 0 spiro atoms. The molecule has 3 nitrogen and oxygen atoms in total. The summed E-state index contributed by atoms with van der Waals surface area (Å²) in [6, 6.07) is 0. The molecular weight excluding hydrogens is 190 g/mol. The Morgan fingerprint density at radius 2 is 1.93 bits per heavy atom. The summed E-state index contributed by atoms with van der Waals surface area (Å²) in [6.07, 6.45) is 6.61. The number of rotatable bonds is 4. The number of hydrogen-bond acceptors (Lipinski definition) is 2. The summed E-state index contributed by atoms with van der Waals surface area (Å²) >= 11 is 0. The van der Waals surface area contributed by atoms with Crippen LogP contribution >= 0.6 is 0 Å². The third-order valence-corrected chi connectivity index (χ3v) is 3.80. The highest BCUT2D eigenvalue weighted by molar-refractivity contribution is 5.78. The summed E-state index contributed by atoms with van der Waals surface area (Å²) in [7, 11) is 0. The number of carbonyl (C=O) groups is 1. The lowest BCUT2D eigenvalue weighted by molar-refractivity contribution is -0.126. The van der Waals surface area contributed by atoms with Crippen LogP contribution < -0.4 is 5.32 Å². The molecule has 2 rings (SSSR count). The fourth-order valence-electron chi connectivity index (χ4n) is 2.45. The highest BCUT2D eigenvalue weighted by Gasteiger charge is 2.40. The van der Waals surface area contributed by atoms with Gasteiger partial charge in [-0.05, 0) is 38.5 Å². The van der Waals surface area contributed by atoms with Crippen LogP contribution in [0.1, 0.15) is 45.4 Å². The van der Waals surface area contributed by atoms with Crippen LogP contribution in [0.5, 0.6) is 0 Å². The zero-order valence-corrected chi connectivity index (χ0v) is 9.46. The average molecular weight is 211 g/mol. The zero-order chi connectivity index (χ0) is 10.9. The highest BCUT2D eigenvalue weighted by atomic mass is 16.3. The molecule has 2 saturated carbocycles. The van der Waals surface area contributed by atoms with Crippen molar-refractivity contribution >= 4 is 5.91 Å². The van der Waals surface area contributed by atoms with Gasteiger partial charge in [0, 0.05) is 12.5 Å². The Labute approximate surface area is 91.2 Å². The fourth-order valence-corrected chi connectivity index (χ4v) is 2.45. The maximum absolute atomic E-state index is 11.7. The number of carbonyl (C=O) groups excluding carboxylic acids is 1. The summed E-state index contributed by atoms with van der Waals surface area (Å²) < 4.78 is 0. The van der Waals surface area contributed by atoms with Gasteiger partial charge in [0.15, 0.2) is 0 Å². The van der Waals surface area contributed by atoms with Crippen molar-refractivity contribution in [2.24, 2.45) is 11.8 Å². The van der Waals surface area contributed by atoms with Crippen LogP contribution in [0.4, 0.5) is 0 Å². The minimum atomic E-state index is -0.686. The van der Waals surface area contributed by atoms with Crippen LogP contribution in [-0.4, -0.2) is 23.2 Å². The molecule has 0 aromatic carbocycles. The van der Waals surface area contributed by atoms with E-state index in [9.17, 15) is 9.90 Å². The van der Waals surface area contributed by atoms with E-state index in [1.165, 1.54) is 12.8 Å². The van der Waals surface area contributed by atoms with Gasteiger partial charge in [0.05, 0.1) is 5.60 Å². The van der Waals surface area contributed by atoms with E-state index in [0.29, 0.717) is 12.5 Å². The van der Waals surface area contributed by atoms with Crippen molar-refractivity contribution in [1.29, 1.82) is 0 Å². The molecule has 0 radical (unpaired) electrons. The molecule has 86 valence electrons. The number of amides is 1. The van der Waals surface area contributed by atoms with E-state index in [1.807, 2.05) is 6.92 Å². The van der Waals surface area contributed by atoms with Gasteiger partial charge in [0.25, 0.3) is 0 Å². The number of hydrogen-bond donors (Lipinski definition) is 2. The molecule has 3 heteroatoms. The molecule has 1 atom stereocenters. The SMILES string of the molecule is C[C@](O)(CNC(=O)C1CCCC1)C1CC1. The lowest BCUT2D eigenvalue weighted by Gasteiger charge is -2.24. The topological polar surface area (TPSA) is 49.3 Å². The van der Waals surface area contributed by atoms with Gasteiger partial charge in [-0.15, -0.1) is 0 Å². The normalized spacial score (nSPS) is 26.3. The van der Waals surface area contributed by atoms with Crippen molar-refractivity contribution in [2.75, 3.05) is 6.54 Å². The first-order valence-electron chi connectivity index (χ1n) is 6.10. The first-order chi connectivity index (χ1) is 7.09. The average Bonchev–Trinajstić information content (AvgIpc) is 2.92. The molecule has 0 aromatic heterocycles. The van der Waals surface area contributed by atoms with Crippen molar-refractivity contribution < 1.29 is 9.90 Å². The van der Waals surface area contributed by atoms with Gasteiger partial charge in [0.1, 0.15) is 0 Å². The standard InChI is InChI=1S/C12H21NO2/c1-12(15,10-6-7-10)8-13-11(14)9-4-2-3-5-9/h9-10,15H,2-8H2,1H3,(H,13,14)/t12-/m0/s1. The van der Waals surface area contributed by atoms with Gasteiger partial charge in [-0.3, -0.25) is 4.79 Å². The van der Waals surface area contributed by atoms with Crippen molar-refractivity contribution in [1.82, 2.24) is 5.32 Å². The van der Waals surface area contributed by atoms with E-state index >= 15 is 0 Å². The van der Waals surface area contributed by atoms with E-state index < -0.39 is 5.60 Å². The van der Waals surface area contributed by atoms with Crippen LogP contribution in [0, 0.1) is 11.8 Å². The summed E-state index contributed by atoms with van der Waals surface area (Å²) in [6.45, 7) is 2.26. The Hall–Kier alpha value is -0.570. The molecule has 0 bridgehead atoms. The van der Waals surface area contributed by atoms with Gasteiger partial charge in [-0.1, -0.05) is 12.8 Å². The van der Waals surface area contributed by atoms with Crippen LogP contribution in [0.25, 0.3) is 0 Å². The first-order valence-corrected chi connectivity index (χ1v) is 6.10. The lowest BCUT2D eigenvalue weighted by atomic mass is 10.00. The van der Waals surface area contributed by atoms with Crippen molar-refractivity contribution in [3.63, 3.8) is 0 Å². The molecule has 0 unspecified atom stereocenters. The molecule has 0 aromatic rings. The Bertz CT molecular complexity index is 240. The van der Waals surface area contributed by atoms with Crippen LogP contribution in [0.15, 0.2) is 0 Å². The molecule has 0 aliphatic heterocycles. The molecule has 2 aliphatic rings. The predicted octanol–water partition coefficient (Wildman–Crippen LogP) is 1.45. The Balaban J connectivity index is 1.74. The van der Waals surface area contributed by atoms with Gasteiger partial charge >= 0.3 is 0 Å². The van der Waals surface area contributed by atoms with Crippen molar-refractivity contribution in [3.8, 4) is 0 Å². The Morgan fingerprint density at radius 1 is 1.33 bits per heavy atom. The second-order valence-corrected chi connectivity index (χ2v) is 5.33. The van der Waals surface area contributed by atoms with Crippen LogP contribution in [0.3, 0.4) is 0 Å². The predicted molar refractivity (Wildman–Crippen MR) is 58.3 cm³/mol. The maximum atomic E-state index is 11.7. The largest absolute Gasteiger partial charge is 0.388 e. The Morgan fingerprint density at radius 3 is 2.47 bits per heavy atom. The number of nitrogens with one attached hydrogen (secondary N) is 1. The molecule has 2 N–H and O–H groups in total. The van der Waals surface area contributed by atoms with Crippen LogP contribution in [0.2, 0.25) is 0 Å². The van der Waals surface area contributed by atoms with E-state index in [2.05, 4.69) is 5.32 Å². The summed E-state index contributed by atoms with van der Waals surface area (Å²) in [5, 5.41) is 12.9. The van der Waals surface area contributed by atoms with Gasteiger partial charge < -0.3 is 10.4 Å². The molecule has 2 fully saturated rings. The monoisotopic (exact) mass is 211 g/mol. The molecule has 2 aliphatic carbocycles. The molecule has 0 saturated heterocycles. The summed E-state index contributed by atoms with van der Waals surface area (Å²) in [4.78, 5) is 11.7. The van der Waals surface area contributed by atoms with Crippen molar-refractivity contribution in [3.05, 3.63) is 0 Å². The maximum Gasteiger partial charge on any atom is 0.223 e. The second kappa shape index (κ2) is 4.12. The van der Waals surface area contributed by atoms with Crippen LogP contribution in [-0.2, 0) is 4.79 Å². The first kappa shape index (κ1) is 10.9. The van der Waals surface area contributed by atoms with E-state index in [-0.39, 0.29) is 11.8 Å². The highest BCUT2D eigenvalue weighted by Crippen LogP contribution is 2.39. The minimum Gasteiger partial charge on any atom is -0.388 e. The smallest absolute Gasteiger partial charge is 0.223 e. The van der Waals surface area contributed by atoms with Gasteiger partial charge in [-0.25, -0.2) is 0 Å². The molecular formula is C12H21NO2. The molecule has 1 amide bonds.